The van der Waals surface area contributed by atoms with Gasteiger partial charge in [-0.2, -0.15) is 9.36 Å². The van der Waals surface area contributed by atoms with E-state index >= 15 is 0 Å². The fraction of sp³-hybridized carbons (Fsp3) is 0.556. The van der Waals surface area contributed by atoms with E-state index in [1.807, 2.05) is 6.92 Å². The van der Waals surface area contributed by atoms with Gasteiger partial charge in [0.15, 0.2) is 6.61 Å². The van der Waals surface area contributed by atoms with Crippen molar-refractivity contribution in [3.8, 4) is 5.88 Å². The SMILES string of the molecule is Cc1cc(N2C[C@H]3CC[C@@H](C2)C3Nc2nc3c(OCC(F)F)nccn3n2)sn1. The third-order valence-electron chi connectivity index (χ3n) is 5.62. The number of alkyl halides is 2. The summed E-state index contributed by atoms with van der Waals surface area (Å²) in [4.78, 5) is 10.9. The average Bonchev–Trinajstić information content (AvgIpc) is 3.36. The number of piperidine rings is 1. The highest BCUT2D eigenvalue weighted by Crippen LogP contribution is 2.40. The van der Waals surface area contributed by atoms with Crippen molar-refractivity contribution >= 4 is 28.1 Å². The number of aromatic nitrogens is 5. The lowest BCUT2D eigenvalue weighted by atomic mass is 9.92. The van der Waals surface area contributed by atoms with Crippen LogP contribution < -0.4 is 15.0 Å². The van der Waals surface area contributed by atoms with Crippen LogP contribution in [0.3, 0.4) is 0 Å². The van der Waals surface area contributed by atoms with Gasteiger partial charge in [-0.3, -0.25) is 0 Å². The first-order chi connectivity index (χ1) is 14.1. The Morgan fingerprint density at radius 2 is 2.10 bits per heavy atom. The maximum absolute atomic E-state index is 12.5. The monoisotopic (exact) mass is 421 g/mol. The number of rotatable bonds is 6. The van der Waals surface area contributed by atoms with Gasteiger partial charge < -0.3 is 15.0 Å². The standard InChI is InChI=1S/C18H21F2N7OS/c1-10-6-14(29-25-10)26-7-11-2-3-12(8-26)15(11)22-18-23-16-17(28-9-13(19)20)21-4-5-27(16)24-18/h4-6,11-13,15H,2-3,7-9H2,1H3,(H,22,24)/t11-,12+,15?. The van der Waals surface area contributed by atoms with Gasteiger partial charge in [0.2, 0.25) is 11.6 Å². The first-order valence-electron chi connectivity index (χ1n) is 9.64. The molecule has 3 aromatic heterocycles. The molecule has 3 atom stereocenters. The van der Waals surface area contributed by atoms with Crippen molar-refractivity contribution in [2.75, 3.05) is 29.9 Å². The fourth-order valence-electron chi connectivity index (χ4n) is 4.39. The second kappa shape index (κ2) is 7.36. The summed E-state index contributed by atoms with van der Waals surface area (Å²) in [7, 11) is 0. The Morgan fingerprint density at radius 1 is 1.31 bits per heavy atom. The molecule has 1 unspecified atom stereocenters. The van der Waals surface area contributed by atoms with Gasteiger partial charge in [0.25, 0.3) is 12.3 Å². The van der Waals surface area contributed by atoms with E-state index in [0.717, 1.165) is 31.6 Å². The molecular formula is C18H21F2N7OS. The summed E-state index contributed by atoms with van der Waals surface area (Å²) in [6.45, 7) is 3.26. The Bertz CT molecular complexity index is 995. The van der Waals surface area contributed by atoms with E-state index in [4.69, 9.17) is 4.74 Å². The average molecular weight is 421 g/mol. The van der Waals surface area contributed by atoms with Crippen LogP contribution in [-0.4, -0.2) is 56.1 Å². The Morgan fingerprint density at radius 3 is 2.79 bits per heavy atom. The van der Waals surface area contributed by atoms with Crippen molar-refractivity contribution in [1.29, 1.82) is 0 Å². The summed E-state index contributed by atoms with van der Waals surface area (Å²) in [6, 6.07) is 2.44. The van der Waals surface area contributed by atoms with E-state index in [-0.39, 0.29) is 11.9 Å². The normalized spacial score (nSPS) is 23.9. The second-order valence-electron chi connectivity index (χ2n) is 7.62. The highest BCUT2D eigenvalue weighted by atomic mass is 32.1. The highest BCUT2D eigenvalue weighted by molar-refractivity contribution is 7.10. The Balaban J connectivity index is 1.32. The number of aryl methyl sites for hydroxylation is 1. The summed E-state index contributed by atoms with van der Waals surface area (Å²) >= 11 is 1.56. The van der Waals surface area contributed by atoms with E-state index in [1.54, 1.807) is 17.7 Å². The van der Waals surface area contributed by atoms with Gasteiger partial charge in [-0.05, 0) is 49.2 Å². The predicted octanol–water partition coefficient (Wildman–Crippen LogP) is 2.86. The first-order valence-corrected chi connectivity index (χ1v) is 10.4. The molecule has 2 aliphatic rings. The van der Waals surface area contributed by atoms with Crippen molar-refractivity contribution < 1.29 is 13.5 Å². The van der Waals surface area contributed by atoms with E-state index in [0.29, 0.717) is 23.4 Å². The van der Waals surface area contributed by atoms with Crippen LogP contribution in [0.1, 0.15) is 18.5 Å². The zero-order valence-corrected chi connectivity index (χ0v) is 16.6. The lowest BCUT2D eigenvalue weighted by Gasteiger charge is -2.38. The smallest absolute Gasteiger partial charge is 0.272 e. The fourth-order valence-corrected chi connectivity index (χ4v) is 5.16. The van der Waals surface area contributed by atoms with Crippen LogP contribution in [0.5, 0.6) is 5.88 Å². The Labute approximate surface area is 170 Å². The second-order valence-corrected chi connectivity index (χ2v) is 8.40. The van der Waals surface area contributed by atoms with Crippen LogP contribution >= 0.6 is 11.5 Å². The van der Waals surface area contributed by atoms with Crippen molar-refractivity contribution in [3.63, 3.8) is 0 Å². The van der Waals surface area contributed by atoms with Crippen molar-refractivity contribution in [2.24, 2.45) is 11.8 Å². The van der Waals surface area contributed by atoms with Crippen molar-refractivity contribution in [2.45, 2.75) is 32.2 Å². The molecular weight excluding hydrogens is 400 g/mol. The van der Waals surface area contributed by atoms with E-state index in [2.05, 4.69) is 35.7 Å². The molecule has 1 saturated carbocycles. The molecule has 3 aromatic rings. The summed E-state index contributed by atoms with van der Waals surface area (Å²) in [5.74, 6) is 1.53. The van der Waals surface area contributed by atoms with Crippen LogP contribution in [0.15, 0.2) is 18.5 Å². The number of hydrogen-bond donors (Lipinski definition) is 1. The molecule has 5 rings (SSSR count). The van der Waals surface area contributed by atoms with Crippen LogP contribution in [-0.2, 0) is 0 Å². The molecule has 154 valence electrons. The highest BCUT2D eigenvalue weighted by Gasteiger charge is 2.43. The molecule has 0 aromatic carbocycles. The molecule has 1 N–H and O–H groups in total. The predicted molar refractivity (Wildman–Crippen MR) is 105 cm³/mol. The maximum atomic E-state index is 12.5. The van der Waals surface area contributed by atoms with Crippen LogP contribution in [0.4, 0.5) is 19.7 Å². The molecule has 0 amide bonds. The summed E-state index contributed by atoms with van der Waals surface area (Å²) < 4.78 is 35.9. The Kier molecular flexibility index (Phi) is 4.69. The zero-order valence-electron chi connectivity index (χ0n) is 15.8. The minimum absolute atomic E-state index is 0.0618. The molecule has 11 heteroatoms. The van der Waals surface area contributed by atoms with Gasteiger partial charge >= 0.3 is 0 Å². The third kappa shape index (κ3) is 3.59. The molecule has 4 heterocycles. The molecule has 2 bridgehead atoms. The molecule has 2 fully saturated rings. The number of fused-ring (bicyclic) bond motifs is 3. The van der Waals surface area contributed by atoms with Crippen LogP contribution in [0.2, 0.25) is 0 Å². The van der Waals surface area contributed by atoms with Gasteiger partial charge in [-0.1, -0.05) is 0 Å². The van der Waals surface area contributed by atoms with Crippen LogP contribution in [0.25, 0.3) is 5.65 Å². The summed E-state index contributed by atoms with van der Waals surface area (Å²) in [5, 5.41) is 9.16. The number of nitrogens with zero attached hydrogens (tertiary/aromatic N) is 6. The number of hydrogen-bond acceptors (Lipinski definition) is 8. The Hall–Kier alpha value is -2.56. The van der Waals surface area contributed by atoms with Gasteiger partial charge in [-0.15, -0.1) is 5.10 Å². The first kappa shape index (κ1) is 18.5. The van der Waals surface area contributed by atoms with E-state index < -0.39 is 13.0 Å². The maximum Gasteiger partial charge on any atom is 0.272 e. The van der Waals surface area contributed by atoms with Gasteiger partial charge in [-0.25, -0.2) is 18.3 Å². The molecule has 8 nitrogen and oxygen atoms in total. The van der Waals surface area contributed by atoms with E-state index in [1.165, 1.54) is 15.7 Å². The third-order valence-corrected chi connectivity index (χ3v) is 6.57. The molecule has 1 saturated heterocycles. The largest absolute Gasteiger partial charge is 0.469 e. The number of anilines is 2. The number of halogens is 2. The molecule has 0 spiro atoms. The quantitative estimate of drug-likeness (QED) is 0.656. The number of ether oxygens (including phenoxy) is 1. The molecule has 29 heavy (non-hydrogen) atoms. The molecule has 1 aliphatic carbocycles. The van der Waals surface area contributed by atoms with E-state index in [9.17, 15) is 8.78 Å². The van der Waals surface area contributed by atoms with Gasteiger partial charge in [0.1, 0.15) is 5.00 Å². The molecule has 0 radical (unpaired) electrons. The lowest BCUT2D eigenvalue weighted by molar-refractivity contribution is 0.0801. The summed E-state index contributed by atoms with van der Waals surface area (Å²) in [6.07, 6.45) is 2.85. The lowest BCUT2D eigenvalue weighted by Crippen LogP contribution is -2.48. The zero-order chi connectivity index (χ0) is 20.0. The van der Waals surface area contributed by atoms with Gasteiger partial charge in [0.05, 0.1) is 5.69 Å². The van der Waals surface area contributed by atoms with Crippen molar-refractivity contribution in [3.05, 3.63) is 24.2 Å². The van der Waals surface area contributed by atoms with Crippen LogP contribution in [0, 0.1) is 18.8 Å². The van der Waals surface area contributed by atoms with Gasteiger partial charge in [0, 0.05) is 31.5 Å². The summed E-state index contributed by atoms with van der Waals surface area (Å²) in [5.41, 5.74) is 1.39. The van der Waals surface area contributed by atoms with Crippen molar-refractivity contribution in [1.82, 2.24) is 24.0 Å². The number of nitrogens with one attached hydrogen (secondary N) is 1. The molecule has 1 aliphatic heterocycles. The minimum atomic E-state index is -2.57. The minimum Gasteiger partial charge on any atom is -0.469 e. The topological polar surface area (TPSA) is 80.5 Å².